The minimum Gasteiger partial charge on any atom is -0.376 e. The highest BCUT2D eigenvalue weighted by atomic mass is 16.5. The summed E-state index contributed by atoms with van der Waals surface area (Å²) in [6, 6.07) is 6.36. The number of nitrogens with two attached hydrogens (primary N) is 1. The van der Waals surface area contributed by atoms with Crippen molar-refractivity contribution in [1.82, 2.24) is 5.43 Å². The van der Waals surface area contributed by atoms with Crippen molar-refractivity contribution in [2.45, 2.75) is 46.3 Å². The Balaban J connectivity index is 3.03. The quantitative estimate of drug-likeness (QED) is 0.589. The highest BCUT2D eigenvalue weighted by Gasteiger charge is 2.22. The molecule has 0 amide bonds. The maximum atomic E-state index is 5.75. The number of hydrogen-bond acceptors (Lipinski definition) is 3. The van der Waals surface area contributed by atoms with Crippen molar-refractivity contribution in [3.05, 3.63) is 34.9 Å². The van der Waals surface area contributed by atoms with Gasteiger partial charge in [0.15, 0.2) is 0 Å². The highest BCUT2D eigenvalue weighted by molar-refractivity contribution is 5.35. The molecule has 0 aromatic heterocycles. The summed E-state index contributed by atoms with van der Waals surface area (Å²) in [4.78, 5) is 0. The van der Waals surface area contributed by atoms with E-state index in [1.807, 2.05) is 6.92 Å². The summed E-state index contributed by atoms with van der Waals surface area (Å²) in [6.07, 6.45) is 1.06. The van der Waals surface area contributed by atoms with Gasteiger partial charge in [0.1, 0.15) is 0 Å². The summed E-state index contributed by atoms with van der Waals surface area (Å²) in [7, 11) is 0. The van der Waals surface area contributed by atoms with E-state index in [0.29, 0.717) is 6.61 Å². The molecular weight excluding hydrogens is 212 g/mol. The average molecular weight is 236 g/mol. The molecule has 2 unspecified atom stereocenters. The molecule has 3 nitrogen and oxygen atoms in total. The Hall–Kier alpha value is -0.900. The van der Waals surface area contributed by atoms with Gasteiger partial charge in [-0.2, -0.15) is 0 Å². The normalized spacial score (nSPS) is 14.6. The van der Waals surface area contributed by atoms with E-state index < -0.39 is 0 Å². The van der Waals surface area contributed by atoms with Gasteiger partial charge in [-0.05, 0) is 43.9 Å². The van der Waals surface area contributed by atoms with E-state index >= 15 is 0 Å². The van der Waals surface area contributed by atoms with Crippen LogP contribution >= 0.6 is 0 Å². The van der Waals surface area contributed by atoms with Crippen LogP contribution in [-0.2, 0) is 4.74 Å². The first kappa shape index (κ1) is 14.2. The molecule has 1 rings (SSSR count). The minimum absolute atomic E-state index is 0.0554. The second-order valence-electron chi connectivity index (χ2n) is 4.34. The third-order valence-electron chi connectivity index (χ3n) is 3.32. The average Bonchev–Trinajstić information content (AvgIpc) is 2.34. The molecule has 0 aliphatic carbocycles. The Kier molecular flexibility index (Phi) is 5.62. The number of hydrogen-bond donors (Lipinski definition) is 2. The second-order valence-corrected chi connectivity index (χ2v) is 4.34. The van der Waals surface area contributed by atoms with Crippen LogP contribution in [-0.4, -0.2) is 12.7 Å². The van der Waals surface area contributed by atoms with Crippen molar-refractivity contribution in [3.63, 3.8) is 0 Å². The predicted octanol–water partition coefficient (Wildman–Crippen LogP) is 2.62. The molecule has 0 spiro atoms. The topological polar surface area (TPSA) is 47.3 Å². The van der Waals surface area contributed by atoms with E-state index in [1.54, 1.807) is 0 Å². The van der Waals surface area contributed by atoms with E-state index in [9.17, 15) is 0 Å². The molecule has 0 bridgehead atoms. The predicted molar refractivity (Wildman–Crippen MR) is 71.7 cm³/mol. The summed E-state index contributed by atoms with van der Waals surface area (Å²) in [6.45, 7) is 9.10. The number of benzene rings is 1. The molecule has 0 aliphatic rings. The van der Waals surface area contributed by atoms with Crippen LogP contribution in [0.5, 0.6) is 0 Å². The number of nitrogens with one attached hydrogen (secondary N) is 1. The van der Waals surface area contributed by atoms with Crippen LogP contribution in [0.3, 0.4) is 0 Å². The maximum absolute atomic E-state index is 5.75. The van der Waals surface area contributed by atoms with E-state index in [4.69, 9.17) is 10.6 Å². The van der Waals surface area contributed by atoms with Gasteiger partial charge in [-0.1, -0.05) is 25.1 Å². The van der Waals surface area contributed by atoms with Gasteiger partial charge in [0.2, 0.25) is 0 Å². The van der Waals surface area contributed by atoms with E-state index in [1.165, 1.54) is 16.7 Å². The fourth-order valence-corrected chi connectivity index (χ4v) is 2.17. The van der Waals surface area contributed by atoms with Crippen molar-refractivity contribution in [1.29, 1.82) is 0 Å². The van der Waals surface area contributed by atoms with E-state index in [-0.39, 0.29) is 12.1 Å². The van der Waals surface area contributed by atoms with Gasteiger partial charge < -0.3 is 4.74 Å². The Morgan fingerprint density at radius 2 is 2.00 bits per heavy atom. The van der Waals surface area contributed by atoms with Crippen LogP contribution < -0.4 is 11.3 Å². The van der Waals surface area contributed by atoms with Crippen LogP contribution in [0.15, 0.2) is 18.2 Å². The van der Waals surface area contributed by atoms with Crippen LogP contribution in [0, 0.1) is 13.8 Å². The molecule has 0 saturated heterocycles. The van der Waals surface area contributed by atoms with Gasteiger partial charge in [0.05, 0.1) is 12.1 Å². The molecule has 3 N–H and O–H groups in total. The molecule has 17 heavy (non-hydrogen) atoms. The first-order valence-corrected chi connectivity index (χ1v) is 6.29. The number of ether oxygens (including phenoxy) is 1. The molecule has 0 saturated carbocycles. The monoisotopic (exact) mass is 236 g/mol. The van der Waals surface area contributed by atoms with Crippen molar-refractivity contribution in [2.24, 2.45) is 5.84 Å². The molecule has 3 heteroatoms. The number of rotatable bonds is 6. The van der Waals surface area contributed by atoms with Crippen molar-refractivity contribution >= 4 is 0 Å². The Labute approximate surface area is 104 Å². The lowest BCUT2D eigenvalue weighted by molar-refractivity contribution is 0.0312. The minimum atomic E-state index is 0.0554. The van der Waals surface area contributed by atoms with E-state index in [0.717, 1.165) is 6.42 Å². The first-order chi connectivity index (χ1) is 8.15. The van der Waals surface area contributed by atoms with Gasteiger partial charge in [-0.15, -0.1) is 0 Å². The fraction of sp³-hybridized carbons (Fsp3) is 0.571. The molecule has 1 aromatic rings. The zero-order valence-electron chi connectivity index (χ0n) is 11.3. The molecular formula is C14H24N2O. The van der Waals surface area contributed by atoms with Crippen LogP contribution in [0.2, 0.25) is 0 Å². The van der Waals surface area contributed by atoms with Crippen LogP contribution in [0.1, 0.15) is 43.0 Å². The van der Waals surface area contributed by atoms with E-state index in [2.05, 4.69) is 44.4 Å². The molecule has 96 valence electrons. The Morgan fingerprint density at radius 1 is 1.29 bits per heavy atom. The van der Waals surface area contributed by atoms with Gasteiger partial charge in [0, 0.05) is 6.61 Å². The molecule has 2 atom stereocenters. The van der Waals surface area contributed by atoms with Crippen molar-refractivity contribution < 1.29 is 4.74 Å². The lowest BCUT2D eigenvalue weighted by atomic mass is 9.93. The third kappa shape index (κ3) is 3.28. The fourth-order valence-electron chi connectivity index (χ4n) is 2.17. The lowest BCUT2D eigenvalue weighted by Crippen LogP contribution is -2.38. The van der Waals surface area contributed by atoms with Crippen molar-refractivity contribution in [2.75, 3.05) is 6.61 Å². The molecule has 0 aliphatic heterocycles. The smallest absolute Gasteiger partial charge is 0.0780 e. The Bertz CT molecular complexity index is 352. The van der Waals surface area contributed by atoms with Gasteiger partial charge in [-0.25, -0.2) is 0 Å². The molecule has 0 heterocycles. The SMILES string of the molecule is CCOC(CC)C(NN)c1cccc(C)c1C. The first-order valence-electron chi connectivity index (χ1n) is 6.29. The zero-order chi connectivity index (χ0) is 12.8. The van der Waals surface area contributed by atoms with Gasteiger partial charge in [0.25, 0.3) is 0 Å². The third-order valence-corrected chi connectivity index (χ3v) is 3.32. The van der Waals surface area contributed by atoms with Crippen LogP contribution in [0.25, 0.3) is 0 Å². The second kappa shape index (κ2) is 6.74. The summed E-state index contributed by atoms with van der Waals surface area (Å²) in [5.41, 5.74) is 6.70. The highest BCUT2D eigenvalue weighted by Crippen LogP contribution is 2.25. The summed E-state index contributed by atoms with van der Waals surface area (Å²) in [5, 5.41) is 0. The number of hydrazine groups is 1. The molecule has 0 fully saturated rings. The standard InChI is InChI=1S/C14H24N2O/c1-5-13(17-6-2)14(16-15)12-9-7-8-10(3)11(12)4/h7-9,13-14,16H,5-6,15H2,1-4H3. The summed E-state index contributed by atoms with van der Waals surface area (Å²) < 4.78 is 5.75. The molecule has 1 aromatic carbocycles. The maximum Gasteiger partial charge on any atom is 0.0780 e. The number of aryl methyl sites for hydroxylation is 1. The van der Waals surface area contributed by atoms with Gasteiger partial charge >= 0.3 is 0 Å². The molecule has 0 radical (unpaired) electrons. The zero-order valence-corrected chi connectivity index (χ0v) is 11.3. The lowest BCUT2D eigenvalue weighted by Gasteiger charge is -2.27. The van der Waals surface area contributed by atoms with Gasteiger partial charge in [-0.3, -0.25) is 11.3 Å². The summed E-state index contributed by atoms with van der Waals surface area (Å²) >= 11 is 0. The Morgan fingerprint density at radius 3 is 2.53 bits per heavy atom. The summed E-state index contributed by atoms with van der Waals surface area (Å²) in [5.74, 6) is 5.70. The van der Waals surface area contributed by atoms with Crippen molar-refractivity contribution in [3.8, 4) is 0 Å². The van der Waals surface area contributed by atoms with Crippen LogP contribution in [0.4, 0.5) is 0 Å². The largest absolute Gasteiger partial charge is 0.376 e.